The quantitative estimate of drug-likeness (QED) is 0.902. The topological polar surface area (TPSA) is 23.5 Å². The van der Waals surface area contributed by atoms with Gasteiger partial charge in [-0.1, -0.05) is 54.6 Å². The van der Waals surface area contributed by atoms with Crippen molar-refractivity contribution in [2.45, 2.75) is 25.0 Å². The third-order valence-corrected chi connectivity index (χ3v) is 4.43. The lowest BCUT2D eigenvalue weighted by molar-refractivity contribution is 0.0486. The third-order valence-electron chi connectivity index (χ3n) is 4.43. The summed E-state index contributed by atoms with van der Waals surface area (Å²) < 4.78 is 0. The molecule has 1 saturated heterocycles. The molecule has 0 saturated carbocycles. The molecule has 2 aromatic carbocycles. The first kappa shape index (κ1) is 13.3. The zero-order valence-corrected chi connectivity index (χ0v) is 12.1. The molecule has 1 N–H and O–H groups in total. The van der Waals surface area contributed by atoms with E-state index in [9.17, 15) is 5.11 Å². The summed E-state index contributed by atoms with van der Waals surface area (Å²) in [5.41, 5.74) is 2.72. The zero-order chi connectivity index (χ0) is 14.2. The Hall–Kier alpha value is -1.64. The molecule has 0 aliphatic carbocycles. The van der Waals surface area contributed by atoms with Crippen LogP contribution in [0.4, 0.5) is 0 Å². The van der Waals surface area contributed by atoms with Crippen molar-refractivity contribution >= 4 is 0 Å². The Balaban J connectivity index is 1.87. The molecule has 20 heavy (non-hydrogen) atoms. The average molecular weight is 267 g/mol. The van der Waals surface area contributed by atoms with Crippen molar-refractivity contribution < 1.29 is 5.11 Å². The first-order valence-corrected chi connectivity index (χ1v) is 7.17. The Morgan fingerprint density at radius 3 is 2.15 bits per heavy atom. The summed E-state index contributed by atoms with van der Waals surface area (Å²) >= 11 is 0. The standard InChI is InChI=1S/C18H21NO/c1-14-12-18(20,13-19(14)2)17-10-8-16(9-11-17)15-6-4-3-5-7-15/h3-11,14,20H,12-13H2,1-2H3. The monoisotopic (exact) mass is 267 g/mol. The Kier molecular flexibility index (Phi) is 3.36. The number of β-amino-alcohol motifs (C(OH)–C–C–N with tert-alkyl or cyclic N) is 1. The van der Waals surface area contributed by atoms with Gasteiger partial charge in [0.15, 0.2) is 0 Å². The van der Waals surface area contributed by atoms with Crippen LogP contribution in [-0.4, -0.2) is 29.6 Å². The van der Waals surface area contributed by atoms with E-state index in [1.165, 1.54) is 11.1 Å². The third kappa shape index (κ3) is 2.37. The molecule has 2 heteroatoms. The Morgan fingerprint density at radius 2 is 1.60 bits per heavy atom. The van der Waals surface area contributed by atoms with Crippen LogP contribution in [0.2, 0.25) is 0 Å². The minimum absolute atomic E-state index is 0.425. The highest BCUT2D eigenvalue weighted by Gasteiger charge is 2.40. The molecule has 1 aliphatic rings. The highest BCUT2D eigenvalue weighted by Crippen LogP contribution is 2.35. The molecule has 0 spiro atoms. The van der Waals surface area contributed by atoms with E-state index in [0.717, 1.165) is 12.0 Å². The predicted octanol–water partition coefficient (Wildman–Crippen LogP) is 3.27. The Morgan fingerprint density at radius 1 is 1.00 bits per heavy atom. The van der Waals surface area contributed by atoms with E-state index in [4.69, 9.17) is 0 Å². The minimum atomic E-state index is -0.705. The van der Waals surface area contributed by atoms with E-state index in [0.29, 0.717) is 12.6 Å². The normalized spacial score (nSPS) is 26.9. The minimum Gasteiger partial charge on any atom is -0.384 e. The summed E-state index contributed by atoms with van der Waals surface area (Å²) in [7, 11) is 2.07. The van der Waals surface area contributed by atoms with Gasteiger partial charge < -0.3 is 10.0 Å². The van der Waals surface area contributed by atoms with Gasteiger partial charge in [0.1, 0.15) is 5.60 Å². The van der Waals surface area contributed by atoms with Crippen LogP contribution in [0.1, 0.15) is 18.9 Å². The number of nitrogens with zero attached hydrogens (tertiary/aromatic N) is 1. The molecule has 3 rings (SSSR count). The number of hydrogen-bond acceptors (Lipinski definition) is 2. The summed E-state index contributed by atoms with van der Waals surface area (Å²) in [5.74, 6) is 0. The molecule has 2 aromatic rings. The molecule has 0 bridgehead atoms. The molecule has 0 aromatic heterocycles. The Bertz CT molecular complexity index is 566. The van der Waals surface area contributed by atoms with Crippen molar-refractivity contribution in [2.75, 3.05) is 13.6 Å². The molecule has 1 aliphatic heterocycles. The fourth-order valence-corrected chi connectivity index (χ4v) is 3.09. The molecule has 1 fully saturated rings. The van der Waals surface area contributed by atoms with Crippen LogP contribution in [-0.2, 0) is 5.60 Å². The van der Waals surface area contributed by atoms with Gasteiger partial charge in [-0.3, -0.25) is 0 Å². The first-order chi connectivity index (χ1) is 9.58. The van der Waals surface area contributed by atoms with Gasteiger partial charge in [-0.2, -0.15) is 0 Å². The highest BCUT2D eigenvalue weighted by molar-refractivity contribution is 5.63. The van der Waals surface area contributed by atoms with Crippen LogP contribution in [0.3, 0.4) is 0 Å². The van der Waals surface area contributed by atoms with Gasteiger partial charge >= 0.3 is 0 Å². The maximum atomic E-state index is 10.8. The molecule has 104 valence electrons. The molecule has 2 nitrogen and oxygen atoms in total. The summed E-state index contributed by atoms with van der Waals surface area (Å²) in [6.07, 6.45) is 0.800. The van der Waals surface area contributed by atoms with Crippen molar-refractivity contribution in [3.05, 3.63) is 60.2 Å². The van der Waals surface area contributed by atoms with Gasteiger partial charge in [-0.15, -0.1) is 0 Å². The van der Waals surface area contributed by atoms with Gasteiger partial charge in [0, 0.05) is 12.6 Å². The fourth-order valence-electron chi connectivity index (χ4n) is 3.09. The van der Waals surface area contributed by atoms with Crippen LogP contribution >= 0.6 is 0 Å². The summed E-state index contributed by atoms with van der Waals surface area (Å²) in [6.45, 7) is 2.87. The van der Waals surface area contributed by atoms with Gasteiger partial charge in [0.2, 0.25) is 0 Å². The lowest BCUT2D eigenvalue weighted by Gasteiger charge is -2.23. The second-order valence-corrected chi connectivity index (χ2v) is 5.94. The molecule has 0 radical (unpaired) electrons. The molecular weight excluding hydrogens is 246 g/mol. The lowest BCUT2D eigenvalue weighted by Crippen LogP contribution is -2.29. The molecule has 2 unspecified atom stereocenters. The van der Waals surface area contributed by atoms with Crippen LogP contribution in [0, 0.1) is 0 Å². The number of likely N-dealkylation sites (N-methyl/N-ethyl adjacent to an activating group) is 1. The summed E-state index contributed by atoms with van der Waals surface area (Å²) in [6, 6.07) is 19.1. The van der Waals surface area contributed by atoms with Gasteiger partial charge in [-0.05, 0) is 37.1 Å². The second kappa shape index (κ2) is 5.04. The van der Waals surface area contributed by atoms with Crippen LogP contribution in [0.5, 0.6) is 0 Å². The molecule has 2 atom stereocenters. The van der Waals surface area contributed by atoms with Crippen molar-refractivity contribution in [1.29, 1.82) is 0 Å². The van der Waals surface area contributed by atoms with Crippen LogP contribution in [0.25, 0.3) is 11.1 Å². The van der Waals surface area contributed by atoms with E-state index in [-0.39, 0.29) is 0 Å². The van der Waals surface area contributed by atoms with Crippen molar-refractivity contribution in [1.82, 2.24) is 4.90 Å². The largest absolute Gasteiger partial charge is 0.384 e. The second-order valence-electron chi connectivity index (χ2n) is 5.94. The predicted molar refractivity (Wildman–Crippen MR) is 82.5 cm³/mol. The maximum Gasteiger partial charge on any atom is 0.104 e. The number of rotatable bonds is 2. The lowest BCUT2D eigenvalue weighted by atomic mass is 9.90. The van der Waals surface area contributed by atoms with Crippen molar-refractivity contribution in [3.8, 4) is 11.1 Å². The molecule has 0 amide bonds. The van der Waals surface area contributed by atoms with E-state index >= 15 is 0 Å². The summed E-state index contributed by atoms with van der Waals surface area (Å²) in [5, 5.41) is 10.8. The average Bonchev–Trinajstić information content (AvgIpc) is 2.74. The van der Waals surface area contributed by atoms with E-state index in [1.54, 1.807) is 0 Å². The smallest absolute Gasteiger partial charge is 0.104 e. The highest BCUT2D eigenvalue weighted by atomic mass is 16.3. The molecular formula is C18H21NO. The van der Waals surface area contributed by atoms with E-state index in [1.807, 2.05) is 18.2 Å². The van der Waals surface area contributed by atoms with Crippen LogP contribution in [0.15, 0.2) is 54.6 Å². The SMILES string of the molecule is CC1CC(O)(c2ccc(-c3ccccc3)cc2)CN1C. The van der Waals surface area contributed by atoms with Crippen molar-refractivity contribution in [3.63, 3.8) is 0 Å². The fraction of sp³-hybridized carbons (Fsp3) is 0.333. The van der Waals surface area contributed by atoms with Gasteiger partial charge in [0.25, 0.3) is 0 Å². The number of benzene rings is 2. The number of aliphatic hydroxyl groups is 1. The summed E-state index contributed by atoms with van der Waals surface area (Å²) in [4.78, 5) is 2.21. The van der Waals surface area contributed by atoms with E-state index in [2.05, 4.69) is 55.3 Å². The van der Waals surface area contributed by atoms with Crippen molar-refractivity contribution in [2.24, 2.45) is 0 Å². The number of hydrogen-bond donors (Lipinski definition) is 1. The van der Waals surface area contributed by atoms with Gasteiger partial charge in [-0.25, -0.2) is 0 Å². The Labute approximate surface area is 120 Å². The maximum absolute atomic E-state index is 10.8. The molecule has 1 heterocycles. The zero-order valence-electron chi connectivity index (χ0n) is 12.1. The first-order valence-electron chi connectivity index (χ1n) is 7.17. The van der Waals surface area contributed by atoms with Crippen LogP contribution < -0.4 is 0 Å². The van der Waals surface area contributed by atoms with Gasteiger partial charge in [0.05, 0.1) is 0 Å². The number of likely N-dealkylation sites (tertiary alicyclic amines) is 1. The van der Waals surface area contributed by atoms with E-state index < -0.39 is 5.60 Å².